The number of aromatic nitrogens is 3. The topological polar surface area (TPSA) is 79.7 Å². The second kappa shape index (κ2) is 7.00. The van der Waals surface area contributed by atoms with Crippen LogP contribution in [0.4, 0.5) is 0 Å². The number of benzene rings is 1. The number of methoxy groups -OCH3 is 1. The molecule has 1 amide bonds. The molecule has 140 valence electrons. The second-order valence-electron chi connectivity index (χ2n) is 6.96. The van der Waals surface area contributed by atoms with Gasteiger partial charge >= 0.3 is 0 Å². The molecule has 0 radical (unpaired) electrons. The Bertz CT molecular complexity index is 1040. The van der Waals surface area contributed by atoms with Gasteiger partial charge in [-0.1, -0.05) is 29.8 Å². The lowest BCUT2D eigenvalue weighted by atomic mass is 10.0. The molecule has 3 heterocycles. The van der Waals surface area contributed by atoms with E-state index in [1.165, 1.54) is 16.1 Å². The molecule has 0 aliphatic carbocycles. The average molecular weight is 366 g/mol. The molecule has 3 aromatic rings. The molecule has 0 saturated carbocycles. The Balaban J connectivity index is 1.71. The number of nitrogens with one attached hydrogen (secondary N) is 1. The van der Waals surface area contributed by atoms with E-state index in [2.05, 4.69) is 5.10 Å². The molecule has 7 nitrogen and oxygen atoms in total. The molecule has 0 bridgehead atoms. The van der Waals surface area contributed by atoms with Crippen LogP contribution in [0.15, 0.2) is 41.3 Å². The van der Waals surface area contributed by atoms with Crippen molar-refractivity contribution in [2.24, 2.45) is 0 Å². The zero-order valence-electron chi connectivity index (χ0n) is 15.4. The molecule has 1 aliphatic rings. The number of ether oxygens (including phenoxy) is 1. The van der Waals surface area contributed by atoms with Gasteiger partial charge in [0, 0.05) is 50.4 Å². The number of aryl methyl sites for hydroxylation is 1. The fourth-order valence-electron chi connectivity index (χ4n) is 3.54. The number of nitrogens with zero attached hydrogens (tertiary/aromatic N) is 3. The second-order valence-corrected chi connectivity index (χ2v) is 6.96. The van der Waals surface area contributed by atoms with E-state index in [1.54, 1.807) is 18.2 Å². The van der Waals surface area contributed by atoms with Gasteiger partial charge in [-0.05, 0) is 12.5 Å². The van der Waals surface area contributed by atoms with Crippen LogP contribution in [0.3, 0.4) is 0 Å². The highest BCUT2D eigenvalue weighted by atomic mass is 16.5. The van der Waals surface area contributed by atoms with Crippen LogP contribution in [-0.2, 0) is 9.53 Å². The molecule has 4 rings (SSSR count). The first kappa shape index (κ1) is 17.5. The summed E-state index contributed by atoms with van der Waals surface area (Å²) in [5.41, 5.74) is 4.12. The minimum atomic E-state index is -0.170. The Morgan fingerprint density at radius 1 is 1.26 bits per heavy atom. The van der Waals surface area contributed by atoms with Crippen LogP contribution < -0.4 is 5.56 Å². The highest BCUT2D eigenvalue weighted by molar-refractivity contribution is 5.80. The van der Waals surface area contributed by atoms with E-state index in [4.69, 9.17) is 9.72 Å². The number of likely N-dealkylation sites (tertiary alicyclic amines) is 1. The van der Waals surface area contributed by atoms with Crippen molar-refractivity contribution in [3.8, 4) is 11.1 Å². The average Bonchev–Trinajstić information content (AvgIpc) is 3.25. The van der Waals surface area contributed by atoms with Crippen LogP contribution in [0.5, 0.6) is 0 Å². The quantitative estimate of drug-likeness (QED) is 0.749. The SMILES string of the molecule is COCCN1CC(c2cc(=O)n3[nH]cc(-c4ccc(C)cc4)c3n2)CC1=O. The molecule has 1 N–H and O–H groups in total. The monoisotopic (exact) mass is 366 g/mol. The molecule has 1 aromatic carbocycles. The van der Waals surface area contributed by atoms with Crippen molar-refractivity contribution in [1.82, 2.24) is 19.5 Å². The third-order valence-electron chi connectivity index (χ3n) is 5.08. The summed E-state index contributed by atoms with van der Waals surface area (Å²) in [5.74, 6) is -0.000278. The molecular formula is C20H22N4O3. The molecule has 7 heteroatoms. The maximum atomic E-state index is 12.6. The largest absolute Gasteiger partial charge is 0.383 e. The number of amides is 1. The van der Waals surface area contributed by atoms with Gasteiger partial charge in [0.25, 0.3) is 5.56 Å². The van der Waals surface area contributed by atoms with Crippen LogP contribution in [0.25, 0.3) is 16.8 Å². The summed E-state index contributed by atoms with van der Waals surface area (Å²) >= 11 is 0. The molecule has 2 aromatic heterocycles. The van der Waals surface area contributed by atoms with E-state index in [1.807, 2.05) is 31.2 Å². The first-order chi connectivity index (χ1) is 13.1. The van der Waals surface area contributed by atoms with Gasteiger partial charge in [-0.15, -0.1) is 0 Å². The summed E-state index contributed by atoms with van der Waals surface area (Å²) in [5, 5.41) is 2.98. The van der Waals surface area contributed by atoms with Crippen molar-refractivity contribution in [1.29, 1.82) is 0 Å². The van der Waals surface area contributed by atoms with Crippen molar-refractivity contribution in [2.45, 2.75) is 19.3 Å². The Morgan fingerprint density at radius 3 is 2.78 bits per heavy atom. The predicted molar refractivity (Wildman–Crippen MR) is 102 cm³/mol. The van der Waals surface area contributed by atoms with Crippen molar-refractivity contribution < 1.29 is 9.53 Å². The third kappa shape index (κ3) is 3.26. The van der Waals surface area contributed by atoms with Crippen molar-refractivity contribution in [3.05, 3.63) is 58.1 Å². The maximum Gasteiger partial charge on any atom is 0.272 e. The molecule has 27 heavy (non-hydrogen) atoms. The van der Waals surface area contributed by atoms with Gasteiger partial charge in [0.05, 0.1) is 12.3 Å². The zero-order chi connectivity index (χ0) is 19.0. The number of hydrogen-bond donors (Lipinski definition) is 1. The van der Waals surface area contributed by atoms with E-state index >= 15 is 0 Å². The predicted octanol–water partition coefficient (Wildman–Crippen LogP) is 1.96. The van der Waals surface area contributed by atoms with E-state index in [0.717, 1.165) is 11.1 Å². The minimum Gasteiger partial charge on any atom is -0.383 e. The Labute approximate surface area is 156 Å². The lowest BCUT2D eigenvalue weighted by Crippen LogP contribution is -2.28. The Morgan fingerprint density at radius 2 is 2.04 bits per heavy atom. The van der Waals surface area contributed by atoms with Crippen LogP contribution in [0, 0.1) is 6.92 Å². The standard InChI is InChI=1S/C20H22N4O3/c1-13-3-5-14(6-4-13)16-11-21-24-19(26)10-17(22-20(16)24)15-9-18(25)23(12-15)7-8-27-2/h3-6,10-11,15,21H,7-9,12H2,1-2H3. The summed E-state index contributed by atoms with van der Waals surface area (Å²) in [7, 11) is 1.62. The highest BCUT2D eigenvalue weighted by Gasteiger charge is 2.31. The van der Waals surface area contributed by atoms with Crippen molar-refractivity contribution in [2.75, 3.05) is 26.8 Å². The summed E-state index contributed by atoms with van der Waals surface area (Å²) in [6.07, 6.45) is 2.17. The molecule has 1 unspecified atom stereocenters. The maximum absolute atomic E-state index is 12.6. The smallest absolute Gasteiger partial charge is 0.272 e. The van der Waals surface area contributed by atoms with Crippen LogP contribution in [-0.4, -0.2) is 52.2 Å². The Hall–Kier alpha value is -2.93. The number of fused-ring (bicyclic) bond motifs is 1. The Kier molecular flexibility index (Phi) is 4.53. The van der Waals surface area contributed by atoms with Gasteiger partial charge in [0.1, 0.15) is 0 Å². The first-order valence-electron chi connectivity index (χ1n) is 9.01. The fraction of sp³-hybridized carbons (Fsp3) is 0.350. The fourth-order valence-corrected chi connectivity index (χ4v) is 3.54. The molecular weight excluding hydrogens is 344 g/mol. The van der Waals surface area contributed by atoms with Gasteiger partial charge in [0.15, 0.2) is 5.65 Å². The van der Waals surface area contributed by atoms with Crippen LogP contribution in [0.2, 0.25) is 0 Å². The van der Waals surface area contributed by atoms with E-state index in [9.17, 15) is 9.59 Å². The molecule has 1 aliphatic heterocycles. The minimum absolute atomic E-state index is 0.0758. The normalized spacial score (nSPS) is 17.2. The van der Waals surface area contributed by atoms with Gasteiger partial charge in [0.2, 0.25) is 5.91 Å². The number of carbonyl (C=O) groups is 1. The van der Waals surface area contributed by atoms with E-state index in [-0.39, 0.29) is 17.4 Å². The van der Waals surface area contributed by atoms with E-state index < -0.39 is 0 Å². The third-order valence-corrected chi connectivity index (χ3v) is 5.08. The summed E-state index contributed by atoms with van der Waals surface area (Å²) < 4.78 is 6.51. The summed E-state index contributed by atoms with van der Waals surface area (Å²) in [6.45, 7) is 3.66. The van der Waals surface area contributed by atoms with Gasteiger partial charge in [-0.2, -0.15) is 0 Å². The summed E-state index contributed by atoms with van der Waals surface area (Å²) in [4.78, 5) is 31.3. The molecule has 1 saturated heterocycles. The first-order valence-corrected chi connectivity index (χ1v) is 9.01. The molecule has 1 atom stereocenters. The lowest BCUT2D eigenvalue weighted by molar-refractivity contribution is -0.128. The van der Waals surface area contributed by atoms with Crippen LogP contribution >= 0.6 is 0 Å². The van der Waals surface area contributed by atoms with Gasteiger partial charge in [-0.25, -0.2) is 9.50 Å². The van der Waals surface area contributed by atoms with Crippen molar-refractivity contribution in [3.63, 3.8) is 0 Å². The van der Waals surface area contributed by atoms with Crippen LogP contribution in [0.1, 0.15) is 23.6 Å². The van der Waals surface area contributed by atoms with E-state index in [0.29, 0.717) is 37.5 Å². The van der Waals surface area contributed by atoms with Gasteiger partial charge in [-0.3, -0.25) is 14.7 Å². The summed E-state index contributed by atoms with van der Waals surface area (Å²) in [6, 6.07) is 9.63. The van der Waals surface area contributed by atoms with Gasteiger partial charge < -0.3 is 9.64 Å². The number of aromatic amines is 1. The number of H-pyrrole nitrogens is 1. The zero-order valence-corrected chi connectivity index (χ0v) is 15.4. The number of hydrogen-bond acceptors (Lipinski definition) is 4. The molecule has 0 spiro atoms. The molecule has 1 fully saturated rings. The highest BCUT2D eigenvalue weighted by Crippen LogP contribution is 2.28. The lowest BCUT2D eigenvalue weighted by Gasteiger charge is -2.15. The van der Waals surface area contributed by atoms with Crippen molar-refractivity contribution >= 4 is 11.6 Å². The number of carbonyl (C=O) groups excluding carboxylic acids is 1. The number of rotatable bonds is 5.